The van der Waals surface area contributed by atoms with Crippen molar-refractivity contribution in [3.05, 3.63) is 124 Å². The average molecular weight is 1000 g/mol. The highest BCUT2D eigenvalue weighted by Crippen LogP contribution is 2.76. The number of nitrogens with one attached hydrogen (secondary N) is 1. The first-order chi connectivity index (χ1) is 35.5. The molecule has 2 aliphatic carbocycles. The van der Waals surface area contributed by atoms with E-state index in [9.17, 15) is 19.2 Å². The molecule has 4 heterocycles. The average Bonchev–Trinajstić information content (AvgIpc) is 4.34. The molecule has 9 rings (SSSR count). The summed E-state index contributed by atoms with van der Waals surface area (Å²) in [6.45, 7) is 16.3. The van der Waals surface area contributed by atoms with Crippen LogP contribution in [0.2, 0.25) is 0 Å². The van der Waals surface area contributed by atoms with Crippen molar-refractivity contribution in [2.75, 3.05) is 72.0 Å². The molecule has 394 valence electrons. The Hall–Kier alpha value is -6.26. The largest absolute Gasteiger partial charge is 0.456 e. The maximum atomic E-state index is 15.1. The number of rotatable bonds is 16. The van der Waals surface area contributed by atoms with Gasteiger partial charge in [-0.25, -0.2) is 9.82 Å². The van der Waals surface area contributed by atoms with Crippen LogP contribution in [0.4, 0.5) is 4.39 Å². The number of hydrazone groups is 1. The van der Waals surface area contributed by atoms with Gasteiger partial charge in [-0.1, -0.05) is 70.2 Å². The standard InChI is InChI=1S/C53H66FN9O6.2C2H6/c1-36-6-2-3-10-45(36)48(58-57-35-64)27-37-11-12-47(54)46(26-37)51(66)62-24-22-61(23-25-62)50(65)34-59-18-13-41(14-19-59)68-42-15-20-60(21-16-42)49(56)29-44(32-55)69-43-9-4-7-38(28-43)39-8-5-17-63(33-39)52(67)53-30-40(53)31-53;2*1-2/h2-4,6-7,9-12,26,28-29,32,35,39-42H,5,8,13-25,27,30-31,33-34,55-56H2,1H3,(H,57,64);2*1-2H3/b44-32+,49-29+,58-48-;;. The number of aryl methyl sites for hydroxylation is 1. The van der Waals surface area contributed by atoms with E-state index in [0.717, 1.165) is 102 Å². The number of hydrogen-bond acceptors (Lipinski definition) is 11. The van der Waals surface area contributed by atoms with Crippen LogP contribution in [-0.2, 0) is 25.5 Å². The SMILES string of the molecule is CC.CC.Cc1ccccc1/C(Cc1ccc(F)c(C(=O)N2CCN(C(=O)CN3CCC(OC4CCN(/C(N)=C/C(=C\N)Oc5cccc(C6CCCN(C(=O)C78CC7C8)C6)c5)CC4)CC3)CC2)c1)=N\NC=O. The summed E-state index contributed by atoms with van der Waals surface area (Å²) in [5, 5.41) is 4.23. The summed E-state index contributed by atoms with van der Waals surface area (Å²) in [4.78, 5) is 61.0. The van der Waals surface area contributed by atoms with Gasteiger partial charge in [-0.2, -0.15) is 5.10 Å². The van der Waals surface area contributed by atoms with Gasteiger partial charge in [0.1, 0.15) is 23.1 Å². The molecule has 4 amide bonds. The predicted octanol–water partition coefficient (Wildman–Crippen LogP) is 6.90. The van der Waals surface area contributed by atoms with E-state index in [4.69, 9.17) is 20.9 Å². The number of benzene rings is 3. The maximum absolute atomic E-state index is 15.1. The van der Waals surface area contributed by atoms with E-state index in [1.54, 1.807) is 28.0 Å². The Balaban J connectivity index is 0.00000190. The van der Waals surface area contributed by atoms with Gasteiger partial charge in [0.2, 0.25) is 18.2 Å². The lowest BCUT2D eigenvalue weighted by atomic mass is 9.90. The van der Waals surface area contributed by atoms with Crippen molar-refractivity contribution >= 4 is 29.8 Å². The van der Waals surface area contributed by atoms with Gasteiger partial charge in [-0.15, -0.1) is 0 Å². The van der Waals surface area contributed by atoms with Crippen LogP contribution in [0.3, 0.4) is 0 Å². The van der Waals surface area contributed by atoms with Crippen molar-refractivity contribution < 1.29 is 33.0 Å². The lowest BCUT2D eigenvalue weighted by Gasteiger charge is -2.39. The number of hydrogen-bond donors (Lipinski definition) is 3. The molecule has 6 aliphatic rings. The number of nitrogens with two attached hydrogens (primary N) is 2. The van der Waals surface area contributed by atoms with Crippen molar-refractivity contribution in [1.82, 2.24) is 29.9 Å². The summed E-state index contributed by atoms with van der Waals surface area (Å²) in [6.07, 6.45) is 11.8. The highest BCUT2D eigenvalue weighted by molar-refractivity contribution is 6.03. The molecule has 0 bridgehead atoms. The Morgan fingerprint density at radius 3 is 2.12 bits per heavy atom. The molecule has 0 spiro atoms. The first kappa shape index (κ1) is 54.5. The number of carbonyl (C=O) groups excluding carboxylic acids is 4. The predicted molar refractivity (Wildman–Crippen MR) is 283 cm³/mol. The fourth-order valence-corrected chi connectivity index (χ4v) is 10.7. The molecule has 4 aliphatic heterocycles. The fraction of sp³-hybridized carbons (Fsp3) is 0.526. The number of piperidine rings is 3. The molecular formula is C57H78FN9O6. The number of ether oxygens (including phenoxy) is 2. The molecule has 5 N–H and O–H groups in total. The fourth-order valence-electron chi connectivity index (χ4n) is 10.7. The van der Waals surface area contributed by atoms with E-state index in [0.29, 0.717) is 79.6 Å². The molecular weight excluding hydrogens is 926 g/mol. The lowest BCUT2D eigenvalue weighted by molar-refractivity contribution is -0.136. The zero-order chi connectivity index (χ0) is 52.1. The first-order valence-corrected chi connectivity index (χ1v) is 26.8. The molecule has 1 unspecified atom stereocenters. The molecule has 2 saturated carbocycles. The van der Waals surface area contributed by atoms with Crippen LogP contribution in [0.15, 0.2) is 95.7 Å². The van der Waals surface area contributed by atoms with Gasteiger partial charge in [0.25, 0.3) is 5.91 Å². The van der Waals surface area contributed by atoms with Crippen molar-refractivity contribution in [3.63, 3.8) is 0 Å². The minimum absolute atomic E-state index is 0.00723. The number of halogens is 1. The Kier molecular flexibility index (Phi) is 19.1. The van der Waals surface area contributed by atoms with E-state index in [-0.39, 0.29) is 41.4 Å². The van der Waals surface area contributed by atoms with Crippen LogP contribution >= 0.6 is 0 Å². The van der Waals surface area contributed by atoms with E-state index in [2.05, 4.69) is 37.4 Å². The smallest absolute Gasteiger partial charge is 0.256 e. The Bertz CT molecular complexity index is 2470. The number of carbonyl (C=O) groups is 4. The van der Waals surface area contributed by atoms with Crippen LogP contribution in [0.25, 0.3) is 0 Å². The quantitative estimate of drug-likeness (QED) is 0.0450. The molecule has 73 heavy (non-hydrogen) atoms. The molecule has 3 aromatic carbocycles. The molecule has 6 fully saturated rings. The van der Waals surface area contributed by atoms with Crippen LogP contribution in [-0.4, -0.2) is 139 Å². The highest BCUT2D eigenvalue weighted by atomic mass is 19.1. The summed E-state index contributed by atoms with van der Waals surface area (Å²) in [5.41, 5.74) is 19.2. The zero-order valence-corrected chi connectivity index (χ0v) is 43.7. The molecule has 0 radical (unpaired) electrons. The van der Waals surface area contributed by atoms with Gasteiger partial charge in [-0.05, 0) is 105 Å². The van der Waals surface area contributed by atoms with Gasteiger partial charge in [0, 0.05) is 95.6 Å². The third-order valence-corrected chi connectivity index (χ3v) is 15.2. The van der Waals surface area contributed by atoms with E-state index < -0.39 is 11.7 Å². The van der Waals surface area contributed by atoms with Crippen LogP contribution in [0.1, 0.15) is 118 Å². The topological polar surface area (TPSA) is 179 Å². The van der Waals surface area contributed by atoms with Crippen LogP contribution < -0.4 is 21.6 Å². The highest BCUT2D eigenvalue weighted by Gasteiger charge is 2.75. The Labute approximate surface area is 431 Å². The van der Waals surface area contributed by atoms with Crippen molar-refractivity contribution in [1.29, 1.82) is 0 Å². The number of amides is 4. The molecule has 4 saturated heterocycles. The molecule has 0 aromatic heterocycles. The minimum atomic E-state index is -0.612. The van der Waals surface area contributed by atoms with E-state index >= 15 is 4.39 Å². The van der Waals surface area contributed by atoms with Gasteiger partial charge in [-0.3, -0.25) is 24.1 Å². The van der Waals surface area contributed by atoms with Crippen molar-refractivity contribution in [3.8, 4) is 5.75 Å². The Morgan fingerprint density at radius 2 is 1.47 bits per heavy atom. The number of nitrogens with zero attached hydrogens (tertiary/aromatic N) is 6. The third kappa shape index (κ3) is 13.7. The molecule has 15 nitrogen and oxygen atoms in total. The van der Waals surface area contributed by atoms with Gasteiger partial charge in [0.15, 0.2) is 0 Å². The number of piperazine rings is 1. The third-order valence-electron chi connectivity index (χ3n) is 15.2. The minimum Gasteiger partial charge on any atom is -0.456 e. The monoisotopic (exact) mass is 1000 g/mol. The number of likely N-dealkylation sites (tertiary alicyclic amines) is 3. The second-order valence-corrected chi connectivity index (χ2v) is 19.7. The van der Waals surface area contributed by atoms with Gasteiger partial charge < -0.3 is 40.5 Å². The maximum Gasteiger partial charge on any atom is 0.256 e. The van der Waals surface area contributed by atoms with Gasteiger partial charge >= 0.3 is 0 Å². The van der Waals surface area contributed by atoms with Crippen LogP contribution in [0.5, 0.6) is 5.75 Å². The second kappa shape index (κ2) is 25.6. The summed E-state index contributed by atoms with van der Waals surface area (Å²) >= 11 is 0. The van der Waals surface area contributed by atoms with Gasteiger partial charge in [0.05, 0.1) is 35.4 Å². The lowest BCUT2D eigenvalue weighted by Crippen LogP contribution is -2.53. The van der Waals surface area contributed by atoms with Crippen molar-refractivity contribution in [2.45, 2.75) is 111 Å². The summed E-state index contributed by atoms with van der Waals surface area (Å²) in [6, 6.07) is 20.2. The first-order valence-electron chi connectivity index (χ1n) is 26.8. The summed E-state index contributed by atoms with van der Waals surface area (Å²) in [7, 11) is 0. The summed E-state index contributed by atoms with van der Waals surface area (Å²) in [5.74, 6) is 2.04. The molecule has 16 heteroatoms. The second-order valence-electron chi connectivity index (χ2n) is 19.7. The van der Waals surface area contributed by atoms with E-state index in [1.165, 1.54) is 17.8 Å². The zero-order valence-electron chi connectivity index (χ0n) is 43.7. The Morgan fingerprint density at radius 1 is 0.795 bits per heavy atom. The normalized spacial score (nSPS) is 22.7. The van der Waals surface area contributed by atoms with Crippen molar-refractivity contribution in [2.24, 2.45) is 27.9 Å². The number of fused-ring (bicyclic) bond motifs is 1. The van der Waals surface area contributed by atoms with Crippen LogP contribution in [0, 0.1) is 24.1 Å². The molecule has 3 aromatic rings. The summed E-state index contributed by atoms with van der Waals surface area (Å²) < 4.78 is 28.0. The van der Waals surface area contributed by atoms with E-state index in [1.807, 2.05) is 71.0 Å². The molecule has 1 atom stereocenters. The number of allylic oxidation sites excluding steroid dienone is 1.